The Balaban J connectivity index is 2.20. The number of hydrogen-bond donors (Lipinski definition) is 1. The third-order valence-electron chi connectivity index (χ3n) is 3.63. The van der Waals surface area contributed by atoms with Gasteiger partial charge in [0.25, 0.3) is 5.91 Å². The van der Waals surface area contributed by atoms with Gasteiger partial charge >= 0.3 is 0 Å². The molecule has 0 saturated carbocycles. The van der Waals surface area contributed by atoms with Crippen LogP contribution in [0, 0.1) is 6.92 Å². The van der Waals surface area contributed by atoms with Gasteiger partial charge in [-0.15, -0.1) is 0 Å². The van der Waals surface area contributed by atoms with Crippen LogP contribution in [0.2, 0.25) is 0 Å². The molecule has 5 heteroatoms. The van der Waals surface area contributed by atoms with E-state index in [9.17, 15) is 4.79 Å². The first-order valence-corrected chi connectivity index (χ1v) is 7.23. The number of methoxy groups -OCH3 is 3. The van der Waals surface area contributed by atoms with E-state index in [4.69, 9.17) is 14.2 Å². The number of rotatable bonds is 6. The van der Waals surface area contributed by atoms with E-state index in [0.29, 0.717) is 29.4 Å². The molecule has 1 N–H and O–H groups in total. The molecule has 2 aromatic carbocycles. The maximum absolute atomic E-state index is 12.4. The molecule has 1 amide bonds. The summed E-state index contributed by atoms with van der Waals surface area (Å²) in [6.45, 7) is 2.48. The molecule has 0 atom stereocenters. The lowest BCUT2D eigenvalue weighted by atomic mass is 10.1. The summed E-state index contributed by atoms with van der Waals surface area (Å²) in [7, 11) is 4.57. The molecule has 0 fully saturated rings. The van der Waals surface area contributed by atoms with E-state index in [2.05, 4.69) is 5.32 Å². The first kappa shape index (κ1) is 16.7. The van der Waals surface area contributed by atoms with E-state index in [1.807, 2.05) is 31.2 Å². The van der Waals surface area contributed by atoms with Gasteiger partial charge in [-0.25, -0.2) is 0 Å². The summed E-state index contributed by atoms with van der Waals surface area (Å²) in [5, 5.41) is 2.91. The fourth-order valence-electron chi connectivity index (χ4n) is 2.30. The van der Waals surface area contributed by atoms with Gasteiger partial charge < -0.3 is 19.5 Å². The fraction of sp³-hybridized carbons (Fsp3) is 0.278. The van der Waals surface area contributed by atoms with Crippen LogP contribution in [0.15, 0.2) is 36.4 Å². The number of nitrogens with one attached hydrogen (secondary N) is 1. The SMILES string of the molecule is COc1cc(C(=O)NCc2ccccc2C)cc(OC)c1OC. The van der Waals surface area contributed by atoms with Crippen molar-refractivity contribution in [2.75, 3.05) is 21.3 Å². The van der Waals surface area contributed by atoms with Crippen LogP contribution in [-0.2, 0) is 6.54 Å². The van der Waals surface area contributed by atoms with Crippen molar-refractivity contribution in [1.82, 2.24) is 5.32 Å². The van der Waals surface area contributed by atoms with Gasteiger partial charge in [0, 0.05) is 12.1 Å². The highest BCUT2D eigenvalue weighted by atomic mass is 16.5. The standard InChI is InChI=1S/C18H21NO4/c1-12-7-5-6-8-13(12)11-19-18(20)14-9-15(21-2)17(23-4)16(10-14)22-3/h5-10H,11H2,1-4H3,(H,19,20). The molecule has 5 nitrogen and oxygen atoms in total. The Morgan fingerprint density at radius 1 is 1.00 bits per heavy atom. The molecule has 122 valence electrons. The molecule has 0 aliphatic rings. The molecule has 0 aliphatic carbocycles. The van der Waals surface area contributed by atoms with Crippen molar-refractivity contribution in [3.05, 3.63) is 53.1 Å². The Hall–Kier alpha value is -2.69. The maximum Gasteiger partial charge on any atom is 0.251 e. The van der Waals surface area contributed by atoms with E-state index in [-0.39, 0.29) is 5.91 Å². The number of carbonyl (C=O) groups is 1. The van der Waals surface area contributed by atoms with E-state index in [1.165, 1.54) is 21.3 Å². The van der Waals surface area contributed by atoms with Crippen molar-refractivity contribution in [3.63, 3.8) is 0 Å². The number of benzene rings is 2. The Morgan fingerprint density at radius 2 is 1.61 bits per heavy atom. The molecular formula is C18H21NO4. The molecule has 0 aromatic heterocycles. The van der Waals surface area contributed by atoms with Crippen LogP contribution in [0.25, 0.3) is 0 Å². The number of carbonyl (C=O) groups excluding carboxylic acids is 1. The first-order chi connectivity index (χ1) is 11.1. The topological polar surface area (TPSA) is 56.8 Å². The lowest BCUT2D eigenvalue weighted by molar-refractivity contribution is 0.0950. The second kappa shape index (κ2) is 7.54. The number of ether oxygens (including phenoxy) is 3. The lowest BCUT2D eigenvalue weighted by Crippen LogP contribution is -2.23. The predicted octanol–water partition coefficient (Wildman–Crippen LogP) is 2.95. The van der Waals surface area contributed by atoms with Crippen molar-refractivity contribution in [2.45, 2.75) is 13.5 Å². The van der Waals surface area contributed by atoms with E-state index in [0.717, 1.165) is 11.1 Å². The number of aryl methyl sites for hydroxylation is 1. The highest BCUT2D eigenvalue weighted by molar-refractivity contribution is 5.95. The summed E-state index contributed by atoms with van der Waals surface area (Å²) >= 11 is 0. The van der Waals surface area contributed by atoms with Crippen molar-refractivity contribution in [1.29, 1.82) is 0 Å². The van der Waals surface area contributed by atoms with E-state index in [1.54, 1.807) is 12.1 Å². The molecule has 23 heavy (non-hydrogen) atoms. The maximum atomic E-state index is 12.4. The minimum absolute atomic E-state index is 0.201. The van der Waals surface area contributed by atoms with Gasteiger partial charge in [-0.05, 0) is 30.2 Å². The Labute approximate surface area is 136 Å². The number of amides is 1. The zero-order valence-electron chi connectivity index (χ0n) is 13.8. The van der Waals surface area contributed by atoms with E-state index < -0.39 is 0 Å². The number of hydrogen-bond acceptors (Lipinski definition) is 4. The third kappa shape index (κ3) is 3.74. The molecular weight excluding hydrogens is 294 g/mol. The quantitative estimate of drug-likeness (QED) is 0.890. The lowest BCUT2D eigenvalue weighted by Gasteiger charge is -2.14. The van der Waals surface area contributed by atoms with Gasteiger partial charge in [0.05, 0.1) is 21.3 Å². The zero-order valence-corrected chi connectivity index (χ0v) is 13.8. The van der Waals surface area contributed by atoms with Crippen molar-refractivity contribution < 1.29 is 19.0 Å². The molecule has 0 aliphatic heterocycles. The predicted molar refractivity (Wildman–Crippen MR) is 88.4 cm³/mol. The summed E-state index contributed by atoms with van der Waals surface area (Å²) < 4.78 is 15.8. The average Bonchev–Trinajstić information content (AvgIpc) is 2.59. The molecule has 2 rings (SSSR count). The van der Waals surface area contributed by atoms with Crippen LogP contribution in [0.3, 0.4) is 0 Å². The van der Waals surface area contributed by atoms with Gasteiger partial charge in [-0.3, -0.25) is 4.79 Å². The van der Waals surface area contributed by atoms with Crippen LogP contribution >= 0.6 is 0 Å². The highest BCUT2D eigenvalue weighted by Crippen LogP contribution is 2.38. The molecule has 2 aromatic rings. The smallest absolute Gasteiger partial charge is 0.251 e. The normalized spacial score (nSPS) is 10.1. The minimum atomic E-state index is -0.201. The molecule has 0 radical (unpaired) electrons. The Kier molecular flexibility index (Phi) is 5.46. The van der Waals surface area contributed by atoms with E-state index >= 15 is 0 Å². The summed E-state index contributed by atoms with van der Waals surface area (Å²) in [4.78, 5) is 12.4. The highest BCUT2D eigenvalue weighted by Gasteiger charge is 2.16. The molecule has 0 unspecified atom stereocenters. The fourth-order valence-corrected chi connectivity index (χ4v) is 2.30. The van der Waals surface area contributed by atoms with Gasteiger partial charge in [0.15, 0.2) is 11.5 Å². The minimum Gasteiger partial charge on any atom is -0.493 e. The summed E-state index contributed by atoms with van der Waals surface area (Å²) in [6, 6.07) is 11.2. The van der Waals surface area contributed by atoms with Crippen molar-refractivity contribution in [3.8, 4) is 17.2 Å². The summed E-state index contributed by atoms with van der Waals surface area (Å²) in [5.74, 6) is 1.17. The molecule has 0 spiro atoms. The molecule has 0 saturated heterocycles. The van der Waals surface area contributed by atoms with Crippen LogP contribution in [-0.4, -0.2) is 27.2 Å². The first-order valence-electron chi connectivity index (χ1n) is 7.23. The van der Waals surface area contributed by atoms with Crippen molar-refractivity contribution >= 4 is 5.91 Å². The monoisotopic (exact) mass is 315 g/mol. The second-order valence-electron chi connectivity index (χ2n) is 5.02. The Morgan fingerprint density at radius 3 is 2.13 bits per heavy atom. The Bertz CT molecular complexity index is 672. The average molecular weight is 315 g/mol. The van der Waals surface area contributed by atoms with Crippen LogP contribution in [0.4, 0.5) is 0 Å². The largest absolute Gasteiger partial charge is 0.493 e. The van der Waals surface area contributed by atoms with Gasteiger partial charge in [-0.1, -0.05) is 24.3 Å². The van der Waals surface area contributed by atoms with Gasteiger partial charge in [0.1, 0.15) is 0 Å². The molecule has 0 heterocycles. The van der Waals surface area contributed by atoms with Gasteiger partial charge in [-0.2, -0.15) is 0 Å². The van der Waals surface area contributed by atoms with Crippen LogP contribution in [0.5, 0.6) is 17.2 Å². The van der Waals surface area contributed by atoms with Crippen LogP contribution in [0.1, 0.15) is 21.5 Å². The second-order valence-corrected chi connectivity index (χ2v) is 5.02. The third-order valence-corrected chi connectivity index (χ3v) is 3.63. The van der Waals surface area contributed by atoms with Crippen molar-refractivity contribution in [2.24, 2.45) is 0 Å². The zero-order chi connectivity index (χ0) is 16.8. The summed E-state index contributed by atoms with van der Waals surface area (Å²) in [6.07, 6.45) is 0. The molecule has 0 bridgehead atoms. The van der Waals surface area contributed by atoms with Gasteiger partial charge in [0.2, 0.25) is 5.75 Å². The summed E-state index contributed by atoms with van der Waals surface area (Å²) in [5.41, 5.74) is 2.67. The van der Waals surface area contributed by atoms with Crippen LogP contribution < -0.4 is 19.5 Å².